The van der Waals surface area contributed by atoms with Gasteiger partial charge in [0.25, 0.3) is 0 Å². The van der Waals surface area contributed by atoms with Crippen LogP contribution in [0, 0.1) is 0 Å². The summed E-state index contributed by atoms with van der Waals surface area (Å²) in [6, 6.07) is 14.1. The molecule has 22 heavy (non-hydrogen) atoms. The van der Waals surface area contributed by atoms with Crippen molar-refractivity contribution in [2.24, 2.45) is 9.98 Å². The summed E-state index contributed by atoms with van der Waals surface area (Å²) in [4.78, 5) is 8.39. The molecular weight excluding hydrogens is 323 g/mol. The van der Waals surface area contributed by atoms with E-state index in [-0.39, 0.29) is 11.5 Å². The Balaban J connectivity index is 0.00000116. The summed E-state index contributed by atoms with van der Waals surface area (Å²) in [5, 5.41) is 19.1. The molecule has 115 valence electrons. The van der Waals surface area contributed by atoms with Crippen molar-refractivity contribution in [3.05, 3.63) is 59.7 Å². The second-order valence-corrected chi connectivity index (χ2v) is 4.19. The van der Waals surface area contributed by atoms with E-state index in [2.05, 4.69) is 9.98 Å². The molecule has 6 heteroatoms. The Morgan fingerprint density at radius 3 is 1.50 bits per heavy atom. The van der Waals surface area contributed by atoms with Crippen LogP contribution in [0.2, 0.25) is 0 Å². The molecule has 0 amide bonds. The first-order valence-corrected chi connectivity index (χ1v) is 6.96. The van der Waals surface area contributed by atoms with Crippen molar-refractivity contribution in [1.82, 2.24) is 0 Å². The number of hydrogen-bond donors (Lipinski definition) is 2. The molecule has 0 aliphatic heterocycles. The molecule has 0 bridgehead atoms. The molecule has 5 nitrogen and oxygen atoms in total. The Kier molecular flexibility index (Phi) is 8.42. The average Bonchev–Trinajstić information content (AvgIpc) is 2.56. The van der Waals surface area contributed by atoms with Crippen molar-refractivity contribution in [3.63, 3.8) is 0 Å². The van der Waals surface area contributed by atoms with Crippen LogP contribution in [0.3, 0.4) is 0 Å². The summed E-state index contributed by atoms with van der Waals surface area (Å²) in [5.74, 6) is 0.433. The number of phenols is 2. The molecule has 2 aromatic rings. The second-order valence-electron chi connectivity index (χ2n) is 4.19. The molecule has 0 heterocycles. The molecule has 0 aliphatic rings. The number of rotatable bonds is 5. The maximum atomic E-state index is 9.54. The normalized spacial score (nSPS) is 10.5. The van der Waals surface area contributed by atoms with Crippen LogP contribution >= 0.6 is 0 Å². The number of aromatic hydroxyl groups is 2. The Labute approximate surface area is 137 Å². The van der Waals surface area contributed by atoms with Gasteiger partial charge in [-0.15, -0.1) is 0 Å². The molecule has 0 radical (unpaired) electrons. The van der Waals surface area contributed by atoms with Gasteiger partial charge in [0.15, 0.2) is 0 Å². The van der Waals surface area contributed by atoms with Gasteiger partial charge in [-0.1, -0.05) is 24.3 Å². The summed E-state index contributed by atoms with van der Waals surface area (Å²) < 4.78 is 8.06. The molecule has 0 atom stereocenters. The minimum absolute atomic E-state index is 0.217. The average molecular weight is 339 g/mol. The zero-order chi connectivity index (χ0) is 16.2. The van der Waals surface area contributed by atoms with Gasteiger partial charge in [0.05, 0.1) is 13.1 Å². The quantitative estimate of drug-likeness (QED) is 0.499. The predicted octanol–water partition coefficient (Wildman–Crippen LogP) is 2.51. The van der Waals surface area contributed by atoms with Crippen LogP contribution < -0.4 is 0 Å². The Hall–Kier alpha value is -2.30. The standard InChI is InChI=1S/C16H16N2O2.Mn.O/c19-15-7-3-1-5-13(15)11-17-9-10-18-12-14-6-2-4-8-16(14)20;;/h1-8,11-12,19-20H,9-10H2;;. The third-order valence-corrected chi connectivity index (χ3v) is 2.69. The van der Waals surface area contributed by atoms with Crippen molar-refractivity contribution < 1.29 is 30.0 Å². The first-order valence-electron chi connectivity index (χ1n) is 6.48. The third kappa shape index (κ3) is 5.99. The van der Waals surface area contributed by atoms with E-state index in [1.807, 2.05) is 12.1 Å². The fourth-order valence-corrected chi connectivity index (χ4v) is 1.63. The summed E-state index contributed by atoms with van der Waals surface area (Å²) >= 11 is 1.69. The minimum atomic E-state index is 0.217. The zero-order valence-corrected chi connectivity index (χ0v) is 12.9. The van der Waals surface area contributed by atoms with Crippen molar-refractivity contribution >= 4 is 12.4 Å². The molecular formula is C16H16MnN2O3. The fraction of sp³-hybridized carbons (Fsp3) is 0.125. The molecule has 0 spiro atoms. The topological polar surface area (TPSA) is 82.2 Å². The van der Waals surface area contributed by atoms with E-state index >= 15 is 0 Å². The number of nitrogens with zero attached hydrogens (tertiary/aromatic N) is 2. The van der Waals surface area contributed by atoms with E-state index in [9.17, 15) is 10.2 Å². The summed E-state index contributed by atoms with van der Waals surface area (Å²) in [6.45, 7) is 1.05. The van der Waals surface area contributed by atoms with Crippen LogP contribution in [-0.2, 0) is 19.8 Å². The van der Waals surface area contributed by atoms with Gasteiger partial charge < -0.3 is 10.2 Å². The van der Waals surface area contributed by atoms with E-state index in [0.717, 1.165) is 0 Å². The maximum absolute atomic E-state index is 9.54. The van der Waals surface area contributed by atoms with Gasteiger partial charge in [0, 0.05) is 23.6 Å². The van der Waals surface area contributed by atoms with Crippen LogP contribution in [0.4, 0.5) is 0 Å². The van der Waals surface area contributed by atoms with Crippen LogP contribution in [0.1, 0.15) is 11.1 Å². The number of benzene rings is 2. The number of aliphatic imine (C=N–C) groups is 2. The van der Waals surface area contributed by atoms with Gasteiger partial charge in [0.2, 0.25) is 0 Å². The van der Waals surface area contributed by atoms with Gasteiger partial charge in [-0.3, -0.25) is 9.98 Å². The Morgan fingerprint density at radius 1 is 0.773 bits per heavy atom. The van der Waals surface area contributed by atoms with Crippen LogP contribution in [0.5, 0.6) is 11.5 Å². The molecule has 0 saturated carbocycles. The SMILES string of the molecule is Oc1ccccc1C=NCCN=Cc1ccccc1O.[O]=[Mn]. The molecule has 0 aliphatic carbocycles. The van der Waals surface area contributed by atoms with E-state index in [1.165, 1.54) is 0 Å². The Bertz CT molecular complexity index is 589. The molecule has 2 rings (SSSR count). The van der Waals surface area contributed by atoms with Gasteiger partial charge in [0.1, 0.15) is 11.5 Å². The van der Waals surface area contributed by atoms with Gasteiger partial charge in [-0.25, -0.2) is 0 Å². The van der Waals surface area contributed by atoms with E-state index in [1.54, 1.807) is 64.8 Å². The monoisotopic (exact) mass is 339 g/mol. The van der Waals surface area contributed by atoms with Gasteiger partial charge in [-0.2, -0.15) is 0 Å². The van der Waals surface area contributed by atoms with Gasteiger partial charge >= 0.3 is 19.8 Å². The molecule has 2 aromatic carbocycles. The van der Waals surface area contributed by atoms with Crippen molar-refractivity contribution in [3.8, 4) is 11.5 Å². The fourth-order valence-electron chi connectivity index (χ4n) is 1.63. The molecule has 0 aromatic heterocycles. The van der Waals surface area contributed by atoms with Crippen LogP contribution in [0.15, 0.2) is 58.5 Å². The summed E-state index contributed by atoms with van der Waals surface area (Å²) in [5.41, 5.74) is 1.38. The second kappa shape index (κ2) is 10.4. The number of phenolic OH excluding ortho intramolecular Hbond substituents is 2. The van der Waals surface area contributed by atoms with Crippen molar-refractivity contribution in [1.29, 1.82) is 0 Å². The first-order chi connectivity index (χ1) is 10.8. The zero-order valence-electron chi connectivity index (χ0n) is 11.8. The third-order valence-electron chi connectivity index (χ3n) is 2.69. The van der Waals surface area contributed by atoms with Gasteiger partial charge in [-0.05, 0) is 24.3 Å². The summed E-state index contributed by atoms with van der Waals surface area (Å²) in [7, 11) is 0. The van der Waals surface area contributed by atoms with E-state index < -0.39 is 0 Å². The predicted molar refractivity (Wildman–Crippen MR) is 81.8 cm³/mol. The number of hydrogen-bond acceptors (Lipinski definition) is 5. The van der Waals surface area contributed by atoms with E-state index in [0.29, 0.717) is 24.2 Å². The molecule has 2 N–H and O–H groups in total. The van der Waals surface area contributed by atoms with Crippen molar-refractivity contribution in [2.45, 2.75) is 0 Å². The summed E-state index contributed by atoms with van der Waals surface area (Å²) in [6.07, 6.45) is 3.26. The van der Waals surface area contributed by atoms with Crippen molar-refractivity contribution in [2.75, 3.05) is 13.1 Å². The van der Waals surface area contributed by atoms with Crippen LogP contribution in [0.25, 0.3) is 0 Å². The first kappa shape index (κ1) is 17.8. The Morgan fingerprint density at radius 2 is 1.14 bits per heavy atom. The van der Waals surface area contributed by atoms with E-state index in [4.69, 9.17) is 3.83 Å². The number of para-hydroxylation sites is 2. The molecule has 0 saturated heterocycles. The van der Waals surface area contributed by atoms with Crippen LogP contribution in [-0.4, -0.2) is 35.7 Å². The molecule has 0 unspecified atom stereocenters. The molecule has 0 fully saturated rings.